The zero-order valence-electron chi connectivity index (χ0n) is 18.4. The molecule has 0 atom stereocenters. The Morgan fingerprint density at radius 1 is 0.970 bits per heavy atom. The van der Waals surface area contributed by atoms with Gasteiger partial charge in [0, 0.05) is 12.3 Å². The molecule has 0 aliphatic rings. The lowest BCUT2D eigenvalue weighted by Gasteiger charge is -2.25. The predicted octanol–water partition coefficient (Wildman–Crippen LogP) is 5.28. The number of para-hydroxylation sites is 1. The summed E-state index contributed by atoms with van der Waals surface area (Å²) in [4.78, 5) is 12.7. The summed E-state index contributed by atoms with van der Waals surface area (Å²) in [5.41, 5.74) is 2.79. The number of hydrogen-bond acceptors (Lipinski definition) is 4. The lowest BCUT2D eigenvalue weighted by atomic mass is 10.2. The topological polar surface area (TPSA) is 66.5 Å². The summed E-state index contributed by atoms with van der Waals surface area (Å²) in [6.07, 6.45) is 0.791. The summed E-state index contributed by atoms with van der Waals surface area (Å²) in [5, 5.41) is 3.09. The summed E-state index contributed by atoms with van der Waals surface area (Å²) in [5.74, 6) is 1.44. The van der Waals surface area contributed by atoms with Crippen molar-refractivity contribution < 1.29 is 13.2 Å². The van der Waals surface area contributed by atoms with Crippen molar-refractivity contribution in [2.24, 2.45) is 0 Å². The second kappa shape index (κ2) is 12.1. The fourth-order valence-corrected chi connectivity index (χ4v) is 5.81. The zero-order valence-corrected chi connectivity index (χ0v) is 20.8. The van der Waals surface area contributed by atoms with Crippen molar-refractivity contribution in [3.63, 3.8) is 0 Å². The van der Waals surface area contributed by atoms with Crippen LogP contribution in [-0.4, -0.2) is 33.2 Å². The summed E-state index contributed by atoms with van der Waals surface area (Å²) >= 11 is 8.08. The highest BCUT2D eigenvalue weighted by Gasteiger charge is 2.28. The number of halogens is 1. The molecule has 0 saturated carbocycles. The minimum absolute atomic E-state index is 0.102. The molecule has 33 heavy (non-hydrogen) atoms. The maximum atomic E-state index is 13.3. The van der Waals surface area contributed by atoms with Gasteiger partial charge in [0.05, 0.1) is 15.6 Å². The van der Waals surface area contributed by atoms with Crippen molar-refractivity contribution in [3.05, 3.63) is 95.0 Å². The molecule has 1 amide bonds. The van der Waals surface area contributed by atoms with Gasteiger partial charge < -0.3 is 5.32 Å². The molecule has 5 nitrogen and oxygen atoms in total. The number of benzene rings is 3. The van der Waals surface area contributed by atoms with Crippen LogP contribution in [0.4, 0.5) is 5.69 Å². The number of nitrogens with one attached hydrogen (secondary N) is 1. The first-order valence-corrected chi connectivity index (χ1v) is 13.6. The average Bonchev–Trinajstić information content (AvgIpc) is 2.82. The van der Waals surface area contributed by atoms with E-state index in [4.69, 9.17) is 11.6 Å². The van der Waals surface area contributed by atoms with Gasteiger partial charge in [0.2, 0.25) is 5.91 Å². The molecule has 0 radical (unpaired) electrons. The molecule has 0 aliphatic carbocycles. The Balaban J connectivity index is 1.57. The van der Waals surface area contributed by atoms with Crippen LogP contribution >= 0.6 is 23.4 Å². The number of hydrogen-bond donors (Lipinski definition) is 1. The number of carbonyl (C=O) groups is 1. The summed E-state index contributed by atoms with van der Waals surface area (Å²) in [7, 11) is -3.96. The number of anilines is 1. The maximum absolute atomic E-state index is 13.3. The van der Waals surface area contributed by atoms with Crippen molar-refractivity contribution in [2.45, 2.75) is 24.0 Å². The molecule has 0 unspecified atom stereocenters. The third-order valence-corrected chi connectivity index (χ3v) is 8.12. The van der Waals surface area contributed by atoms with Crippen molar-refractivity contribution in [3.8, 4) is 0 Å². The van der Waals surface area contributed by atoms with Gasteiger partial charge >= 0.3 is 0 Å². The van der Waals surface area contributed by atoms with Crippen molar-refractivity contribution in [1.29, 1.82) is 0 Å². The first-order valence-electron chi connectivity index (χ1n) is 10.6. The van der Waals surface area contributed by atoms with Gasteiger partial charge in [-0.25, -0.2) is 8.42 Å². The summed E-state index contributed by atoms with van der Waals surface area (Å²) in [6, 6.07) is 23.1. The van der Waals surface area contributed by atoms with Gasteiger partial charge in [-0.15, -0.1) is 0 Å². The van der Waals surface area contributed by atoms with E-state index in [9.17, 15) is 13.2 Å². The molecule has 0 saturated heterocycles. The molecule has 0 spiro atoms. The fraction of sp³-hybridized carbons (Fsp3) is 0.240. The van der Waals surface area contributed by atoms with E-state index in [2.05, 4.69) is 36.5 Å². The molecule has 3 rings (SSSR count). The average molecular weight is 503 g/mol. The highest BCUT2D eigenvalue weighted by atomic mass is 35.5. The van der Waals surface area contributed by atoms with Crippen LogP contribution in [0.3, 0.4) is 0 Å². The Hall–Kier alpha value is -2.48. The van der Waals surface area contributed by atoms with Crippen LogP contribution in [0.5, 0.6) is 0 Å². The first-order chi connectivity index (χ1) is 15.9. The standard InChI is InChI=1S/C25H27ClN2O3S2/c1-20-12-14-21(15-13-20)19-32-17-7-16-27-25(29)18-28(24-11-6-5-10-23(24)26)33(30,31)22-8-3-2-4-9-22/h2-6,8-15H,7,16-19H2,1H3,(H,27,29). The molecule has 0 bridgehead atoms. The maximum Gasteiger partial charge on any atom is 0.264 e. The van der Waals surface area contributed by atoms with Crippen LogP contribution < -0.4 is 9.62 Å². The highest BCUT2D eigenvalue weighted by molar-refractivity contribution is 7.98. The van der Waals surface area contributed by atoms with Gasteiger partial charge in [-0.1, -0.05) is 71.8 Å². The summed E-state index contributed by atoms with van der Waals surface area (Å²) in [6.45, 7) is 2.19. The second-order valence-electron chi connectivity index (χ2n) is 7.52. The van der Waals surface area contributed by atoms with Gasteiger partial charge in [0.15, 0.2) is 0 Å². The molecule has 0 aliphatic heterocycles. The van der Waals surface area contributed by atoms with Gasteiger partial charge in [0.25, 0.3) is 10.0 Å². The van der Waals surface area contributed by atoms with E-state index in [1.165, 1.54) is 23.3 Å². The van der Waals surface area contributed by atoms with Crippen molar-refractivity contribution in [2.75, 3.05) is 23.1 Å². The number of nitrogens with zero attached hydrogens (tertiary/aromatic N) is 1. The van der Waals surface area contributed by atoms with Crippen LogP contribution in [-0.2, 0) is 20.6 Å². The number of amides is 1. The second-order valence-corrected chi connectivity index (χ2v) is 10.9. The van der Waals surface area contributed by atoms with Crippen LogP contribution in [0.2, 0.25) is 5.02 Å². The van der Waals surface area contributed by atoms with Gasteiger partial charge in [-0.3, -0.25) is 9.10 Å². The minimum Gasteiger partial charge on any atom is -0.354 e. The van der Waals surface area contributed by atoms with Crippen LogP contribution in [0.25, 0.3) is 0 Å². The van der Waals surface area contributed by atoms with Crippen molar-refractivity contribution >= 4 is 45.0 Å². The lowest BCUT2D eigenvalue weighted by molar-refractivity contribution is -0.119. The largest absolute Gasteiger partial charge is 0.354 e. The molecule has 0 fully saturated rings. The first kappa shape index (κ1) is 25.1. The number of carbonyl (C=O) groups excluding carboxylic acids is 1. The molecule has 3 aromatic rings. The van der Waals surface area contributed by atoms with Crippen LogP contribution in [0.15, 0.2) is 83.8 Å². The van der Waals surface area contributed by atoms with E-state index < -0.39 is 10.0 Å². The van der Waals surface area contributed by atoms with Gasteiger partial charge in [-0.2, -0.15) is 11.8 Å². The van der Waals surface area contributed by atoms with Crippen molar-refractivity contribution in [1.82, 2.24) is 5.32 Å². The number of thioether (sulfide) groups is 1. The Labute approximate surface area is 205 Å². The van der Waals surface area contributed by atoms with E-state index in [1.54, 1.807) is 54.2 Å². The molecule has 0 heterocycles. The third kappa shape index (κ3) is 7.25. The SMILES string of the molecule is Cc1ccc(CSCCCNC(=O)CN(c2ccccc2Cl)S(=O)(=O)c2ccccc2)cc1. The molecule has 1 N–H and O–H groups in total. The van der Waals surface area contributed by atoms with E-state index in [-0.39, 0.29) is 28.1 Å². The Morgan fingerprint density at radius 2 is 1.64 bits per heavy atom. The minimum atomic E-state index is -3.96. The molecule has 0 aromatic heterocycles. The Kier molecular flexibility index (Phi) is 9.23. The monoisotopic (exact) mass is 502 g/mol. The Bertz CT molecular complexity index is 1150. The molecule has 174 valence electrons. The highest BCUT2D eigenvalue weighted by Crippen LogP contribution is 2.30. The van der Waals surface area contributed by atoms with Gasteiger partial charge in [-0.05, 0) is 48.9 Å². The quantitative estimate of drug-likeness (QED) is 0.362. The number of sulfonamides is 1. The molecule has 8 heteroatoms. The van der Waals surface area contributed by atoms with E-state index in [0.717, 1.165) is 22.2 Å². The third-order valence-electron chi connectivity index (χ3n) is 4.92. The lowest BCUT2D eigenvalue weighted by Crippen LogP contribution is -2.41. The summed E-state index contributed by atoms with van der Waals surface area (Å²) < 4.78 is 27.6. The van der Waals surface area contributed by atoms with Crippen LogP contribution in [0, 0.1) is 6.92 Å². The molecular formula is C25H27ClN2O3S2. The Morgan fingerprint density at radius 3 is 2.33 bits per heavy atom. The number of rotatable bonds is 11. The number of aryl methyl sites for hydroxylation is 1. The fourth-order valence-electron chi connectivity index (χ4n) is 3.14. The zero-order chi connectivity index (χ0) is 23.7. The normalized spacial score (nSPS) is 11.2. The van der Waals surface area contributed by atoms with Gasteiger partial charge in [0.1, 0.15) is 6.54 Å². The molecule has 3 aromatic carbocycles. The smallest absolute Gasteiger partial charge is 0.264 e. The van der Waals surface area contributed by atoms with E-state index >= 15 is 0 Å². The van der Waals surface area contributed by atoms with E-state index in [1.807, 2.05) is 0 Å². The molecular weight excluding hydrogens is 476 g/mol. The van der Waals surface area contributed by atoms with E-state index in [0.29, 0.717) is 6.54 Å². The predicted molar refractivity (Wildman–Crippen MR) is 137 cm³/mol. The van der Waals surface area contributed by atoms with Crippen LogP contribution in [0.1, 0.15) is 17.5 Å².